The highest BCUT2D eigenvalue weighted by Crippen LogP contribution is 2.19. The van der Waals surface area contributed by atoms with Crippen molar-refractivity contribution in [1.29, 1.82) is 0 Å². The Hall–Kier alpha value is -2.88. The quantitative estimate of drug-likeness (QED) is 0.452. The first-order valence-corrected chi connectivity index (χ1v) is 9.66. The Morgan fingerprint density at radius 3 is 2.68 bits per heavy atom. The maximum absolute atomic E-state index is 12.3. The predicted molar refractivity (Wildman–Crippen MR) is 100 cm³/mol. The number of rotatable bonds is 6. The van der Waals surface area contributed by atoms with Crippen LogP contribution in [0.25, 0.3) is 5.78 Å². The van der Waals surface area contributed by atoms with E-state index in [1.54, 1.807) is 11.4 Å². The average molecular weight is 404 g/mol. The third-order valence-electron chi connectivity index (χ3n) is 4.28. The average Bonchev–Trinajstić information content (AvgIpc) is 3.26. The summed E-state index contributed by atoms with van der Waals surface area (Å²) in [5.41, 5.74) is 2.53. The highest BCUT2D eigenvalue weighted by atomic mass is 32.2. The molecule has 0 unspecified atom stereocenters. The fraction of sp³-hybridized carbons (Fsp3) is 0.389. The van der Waals surface area contributed by atoms with E-state index < -0.39 is 11.9 Å². The number of fused-ring (bicyclic) bond motifs is 1. The highest BCUT2D eigenvalue weighted by molar-refractivity contribution is 7.98. The Morgan fingerprint density at radius 2 is 2.00 bits per heavy atom. The van der Waals surface area contributed by atoms with Crippen molar-refractivity contribution in [3.8, 4) is 0 Å². The molecule has 0 spiro atoms. The van der Waals surface area contributed by atoms with Gasteiger partial charge in [0, 0.05) is 17.0 Å². The lowest BCUT2D eigenvalue weighted by molar-refractivity contribution is -0.144. The van der Waals surface area contributed by atoms with Gasteiger partial charge in [-0.05, 0) is 33.1 Å². The minimum absolute atomic E-state index is 0.0403. The van der Waals surface area contributed by atoms with Crippen LogP contribution in [0.15, 0.2) is 15.6 Å². The van der Waals surface area contributed by atoms with Crippen molar-refractivity contribution < 1.29 is 23.5 Å². The number of methoxy groups -OCH3 is 1. The lowest BCUT2D eigenvalue weighted by atomic mass is 10.1. The van der Waals surface area contributed by atoms with Crippen molar-refractivity contribution in [3.63, 3.8) is 0 Å². The third-order valence-corrected chi connectivity index (χ3v) is 4.82. The van der Waals surface area contributed by atoms with E-state index in [2.05, 4.69) is 19.8 Å². The molecule has 3 aromatic heterocycles. The molecule has 0 saturated carbocycles. The Bertz CT molecular complexity index is 1060. The zero-order chi connectivity index (χ0) is 20.4. The molecule has 0 bridgehead atoms. The van der Waals surface area contributed by atoms with E-state index in [1.165, 1.54) is 24.9 Å². The van der Waals surface area contributed by atoms with E-state index in [4.69, 9.17) is 9.15 Å². The summed E-state index contributed by atoms with van der Waals surface area (Å²) < 4.78 is 17.0. The van der Waals surface area contributed by atoms with Crippen molar-refractivity contribution >= 4 is 29.5 Å². The van der Waals surface area contributed by atoms with Crippen LogP contribution in [0.4, 0.5) is 0 Å². The number of hydrogen-bond acceptors (Lipinski definition) is 9. The van der Waals surface area contributed by atoms with Crippen LogP contribution in [0.3, 0.4) is 0 Å². The lowest BCUT2D eigenvalue weighted by Gasteiger charge is -2.09. The molecule has 0 aromatic carbocycles. The zero-order valence-electron chi connectivity index (χ0n) is 16.2. The van der Waals surface area contributed by atoms with Gasteiger partial charge >= 0.3 is 11.9 Å². The van der Waals surface area contributed by atoms with Gasteiger partial charge in [-0.3, -0.25) is 4.79 Å². The number of aryl methyl sites for hydroxylation is 3. The van der Waals surface area contributed by atoms with Crippen molar-refractivity contribution in [1.82, 2.24) is 19.6 Å². The molecule has 28 heavy (non-hydrogen) atoms. The number of esters is 2. The van der Waals surface area contributed by atoms with Crippen molar-refractivity contribution in [3.05, 3.63) is 40.1 Å². The van der Waals surface area contributed by atoms with E-state index in [-0.39, 0.29) is 13.0 Å². The highest BCUT2D eigenvalue weighted by Gasteiger charge is 2.19. The summed E-state index contributed by atoms with van der Waals surface area (Å²) in [7, 11) is 1.29. The van der Waals surface area contributed by atoms with Gasteiger partial charge in [-0.1, -0.05) is 11.8 Å². The number of ether oxygens (including phenoxy) is 2. The molecule has 148 valence electrons. The maximum atomic E-state index is 12.3. The van der Waals surface area contributed by atoms with E-state index in [0.717, 1.165) is 11.3 Å². The van der Waals surface area contributed by atoms with Crippen LogP contribution >= 0.6 is 11.8 Å². The summed E-state index contributed by atoms with van der Waals surface area (Å²) >= 11 is 1.42. The molecular weight excluding hydrogens is 384 g/mol. The van der Waals surface area contributed by atoms with Gasteiger partial charge in [0.15, 0.2) is 0 Å². The SMILES string of the molecule is COC(=O)c1cc(COC(=O)Cc2c(C)nc3nc(SC)nn3c2C)oc1C. The number of thioether (sulfide) groups is 1. The Balaban J connectivity index is 1.72. The zero-order valence-corrected chi connectivity index (χ0v) is 17.0. The number of furan rings is 1. The Kier molecular flexibility index (Phi) is 5.68. The second-order valence-corrected chi connectivity index (χ2v) is 6.86. The number of carbonyl (C=O) groups excluding carboxylic acids is 2. The Labute approximate surface area is 165 Å². The first kappa shape index (κ1) is 19.9. The molecule has 3 aromatic rings. The largest absolute Gasteiger partial charge is 0.465 e. The van der Waals surface area contributed by atoms with Gasteiger partial charge in [0.1, 0.15) is 23.7 Å². The molecule has 0 fully saturated rings. The van der Waals surface area contributed by atoms with Crippen LogP contribution in [-0.4, -0.2) is 44.9 Å². The van der Waals surface area contributed by atoms with Gasteiger partial charge in [0.25, 0.3) is 5.78 Å². The summed E-state index contributed by atoms with van der Waals surface area (Å²) in [6, 6.07) is 1.51. The summed E-state index contributed by atoms with van der Waals surface area (Å²) in [4.78, 5) is 32.7. The molecule has 0 aliphatic rings. The first-order chi connectivity index (χ1) is 13.3. The standard InChI is InChI=1S/C18H20N4O5S/c1-9-13(10(2)22-17(19-9)20-18(21-22)28-5)7-15(23)26-8-12-6-14(11(3)27-12)16(24)25-4/h6H,7-8H2,1-5H3. The minimum Gasteiger partial charge on any atom is -0.465 e. The summed E-state index contributed by atoms with van der Waals surface area (Å²) in [6.07, 6.45) is 1.93. The first-order valence-electron chi connectivity index (χ1n) is 8.44. The summed E-state index contributed by atoms with van der Waals surface area (Å²) in [5, 5.41) is 4.98. The van der Waals surface area contributed by atoms with Crippen molar-refractivity contribution in [2.75, 3.05) is 13.4 Å². The molecule has 0 atom stereocenters. The van der Waals surface area contributed by atoms with Gasteiger partial charge in [0.05, 0.1) is 13.5 Å². The molecule has 3 heterocycles. The van der Waals surface area contributed by atoms with Gasteiger partial charge in [-0.15, -0.1) is 5.10 Å². The normalized spacial score (nSPS) is 11.0. The predicted octanol–water partition coefficient (Wildman–Crippen LogP) is 2.44. The monoisotopic (exact) mass is 404 g/mol. The fourth-order valence-corrected chi connectivity index (χ4v) is 3.14. The van der Waals surface area contributed by atoms with Crippen LogP contribution in [0.1, 0.15) is 38.8 Å². The van der Waals surface area contributed by atoms with Crippen molar-refractivity contribution in [2.24, 2.45) is 0 Å². The fourth-order valence-electron chi connectivity index (χ4n) is 2.81. The van der Waals surface area contributed by atoms with Crippen LogP contribution in [0.5, 0.6) is 0 Å². The minimum atomic E-state index is -0.498. The van der Waals surface area contributed by atoms with Crippen LogP contribution in [-0.2, 0) is 27.3 Å². The molecule has 9 nitrogen and oxygen atoms in total. The smallest absolute Gasteiger partial charge is 0.341 e. The summed E-state index contributed by atoms with van der Waals surface area (Å²) in [6.45, 7) is 5.25. The second kappa shape index (κ2) is 8.01. The molecule has 0 N–H and O–H groups in total. The lowest BCUT2D eigenvalue weighted by Crippen LogP contribution is -2.13. The van der Waals surface area contributed by atoms with Crippen LogP contribution in [0, 0.1) is 20.8 Å². The molecule has 10 heteroatoms. The maximum Gasteiger partial charge on any atom is 0.341 e. The van der Waals surface area contributed by atoms with E-state index in [9.17, 15) is 9.59 Å². The van der Waals surface area contributed by atoms with Crippen LogP contribution < -0.4 is 0 Å². The number of aromatic nitrogens is 4. The van der Waals surface area contributed by atoms with Gasteiger partial charge < -0.3 is 13.9 Å². The number of nitrogens with zero attached hydrogens (tertiary/aromatic N) is 4. The number of carbonyl (C=O) groups is 2. The van der Waals surface area contributed by atoms with Gasteiger partial charge in [-0.25, -0.2) is 14.3 Å². The molecule has 3 rings (SSSR count). The second-order valence-electron chi connectivity index (χ2n) is 6.08. The third kappa shape index (κ3) is 3.86. The molecule has 0 radical (unpaired) electrons. The van der Waals surface area contributed by atoms with Gasteiger partial charge in [-0.2, -0.15) is 4.98 Å². The molecule has 0 saturated heterocycles. The molecular formula is C18H20N4O5S. The van der Waals surface area contributed by atoms with Crippen LogP contribution in [0.2, 0.25) is 0 Å². The molecule has 0 amide bonds. The van der Waals surface area contributed by atoms with E-state index in [1.807, 2.05) is 20.1 Å². The number of hydrogen-bond donors (Lipinski definition) is 0. The summed E-state index contributed by atoms with van der Waals surface area (Å²) in [5.74, 6) is 0.343. The topological polar surface area (TPSA) is 109 Å². The molecule has 0 aliphatic heterocycles. The molecule has 0 aliphatic carbocycles. The van der Waals surface area contributed by atoms with Gasteiger partial charge in [0.2, 0.25) is 5.16 Å². The van der Waals surface area contributed by atoms with E-state index in [0.29, 0.717) is 33.7 Å². The van der Waals surface area contributed by atoms with Crippen molar-refractivity contribution in [2.45, 2.75) is 39.0 Å². The Morgan fingerprint density at radius 1 is 1.25 bits per heavy atom. The van der Waals surface area contributed by atoms with E-state index >= 15 is 0 Å².